The van der Waals surface area contributed by atoms with E-state index in [0.717, 1.165) is 25.7 Å². The van der Waals surface area contributed by atoms with Gasteiger partial charge in [0.2, 0.25) is 0 Å². The van der Waals surface area contributed by atoms with E-state index in [-0.39, 0.29) is 214 Å². The Balaban J connectivity index is -0.000000360. The summed E-state index contributed by atoms with van der Waals surface area (Å²) in [6.07, 6.45) is -2.30. The molecule has 3 aliphatic rings. The van der Waals surface area contributed by atoms with Gasteiger partial charge in [-0.15, -0.1) is 0 Å². The summed E-state index contributed by atoms with van der Waals surface area (Å²) in [5.41, 5.74) is 0. The van der Waals surface area contributed by atoms with Gasteiger partial charge in [-0.2, -0.15) is 0 Å². The van der Waals surface area contributed by atoms with Gasteiger partial charge < -0.3 is 115 Å². The summed E-state index contributed by atoms with van der Waals surface area (Å²) >= 11 is 3.47. The van der Waals surface area contributed by atoms with E-state index < -0.39 is 128 Å². The smallest absolute Gasteiger partial charge is 0.319 e. The van der Waals surface area contributed by atoms with Crippen LogP contribution < -0.4 is 0 Å². The molecule has 19 atom stereocenters. The summed E-state index contributed by atoms with van der Waals surface area (Å²) < 4.78 is 132. The van der Waals surface area contributed by atoms with Gasteiger partial charge in [-0.3, -0.25) is 22.9 Å². The molecule has 3 aliphatic heterocycles. The van der Waals surface area contributed by atoms with Crippen LogP contribution in [0.1, 0.15) is 155 Å². The van der Waals surface area contributed by atoms with E-state index in [1.165, 1.54) is 7.11 Å². The SMILES string of the molecule is C.CCC(CC)OP(C)N(C(C)C)C(C)C.CCO[C@H]1[C@@H](C)[C@H](Br)O[C@@H]1CO[PH](=O)OC(CC)CC.CO[PH](=O)OC(CO[PH](=O)OCCCCCOC1OC(CO)C(O)C(O)C1C)CO[PH](=O)OCCCCCOC1OC(CO)C(O)C(O)C1C.OCC(O)CO.[Y].[Y].[Y].[Y]. The van der Waals surface area contributed by atoms with Crippen molar-refractivity contribution in [3.8, 4) is 0 Å². The van der Waals surface area contributed by atoms with Crippen molar-refractivity contribution in [3.05, 3.63) is 0 Å². The predicted molar refractivity (Wildman–Crippen MR) is 356 cm³/mol. The monoisotopic (exact) mass is 1860 g/mol. The largest absolute Gasteiger partial charge is 0.394 e. The Morgan fingerprint density at radius 1 is 0.521 bits per heavy atom. The third-order valence-electron chi connectivity index (χ3n) is 14.7. The second kappa shape index (κ2) is 68.3. The molecule has 29 nitrogen and oxygen atoms in total. The third-order valence-corrected chi connectivity index (χ3v) is 21.4. The maximum absolute atomic E-state index is 12.2. The number of aliphatic hydroxyl groups is 9. The van der Waals surface area contributed by atoms with E-state index >= 15 is 0 Å². The van der Waals surface area contributed by atoms with Crippen molar-refractivity contribution in [2.75, 3.05) is 93.1 Å². The van der Waals surface area contributed by atoms with Crippen LogP contribution in [-0.2, 0) is 218 Å². The molecule has 39 heteroatoms. The van der Waals surface area contributed by atoms with Gasteiger partial charge in [0.1, 0.15) is 56.0 Å². The van der Waals surface area contributed by atoms with Crippen LogP contribution in [0.2, 0.25) is 0 Å². The van der Waals surface area contributed by atoms with Crippen molar-refractivity contribution in [3.63, 3.8) is 0 Å². The summed E-state index contributed by atoms with van der Waals surface area (Å²) in [5.74, 6) is -0.742. The number of nitrogens with zero attached hydrogens (tertiary/aromatic N) is 1. The fraction of sp³-hybridized carbons (Fsp3) is 1.00. The average Bonchev–Trinajstić information content (AvgIpc) is 1.26. The van der Waals surface area contributed by atoms with Crippen LogP contribution in [0, 0.1) is 17.8 Å². The van der Waals surface area contributed by atoms with Gasteiger partial charge >= 0.3 is 33.0 Å². The van der Waals surface area contributed by atoms with Gasteiger partial charge in [0.25, 0.3) is 0 Å². The minimum atomic E-state index is -2.94. The molecule has 9 N–H and O–H groups in total. The van der Waals surface area contributed by atoms with Gasteiger partial charge in [0, 0.05) is 188 Å². The molecule has 0 aromatic carbocycles. The zero-order valence-corrected chi connectivity index (χ0v) is 76.3. The average molecular weight is 1860 g/mol. The first-order chi connectivity index (χ1) is 43.2. The standard InChI is InChI=1S/C28H57O19P3.C13H26BrO5P.C12H28NOP.C3H8O3.CH4.4Y/c1-18-23(31)25(33)21(14-29)45-27(18)39-10-6-4-8-12-41-49(36)43-16-20(47-48(35)38-3)17-44-50(37)42-13-9-5-7-11-40-28-19(2)24(32)26(34)22(15-30)46-28;1-5-10(6-2)19-20(15)17-8-11-12(16-7-3)9(4)13(14)18-11;1-8-12(9-2)14-15(7)13(10(3)4)11(5)6;4-1-3(6)2-5;;;;;/h18-34,48-50H,4-17H2,1-3H3;9-13,20H,5-8H2,1-4H3;10-12H,8-9H2,1-7H3;3-6H,1-2H2;1H4;;;;/t;9-,11-,12+,13-;;;;;;;/m.1......./s1. The number of hydrogen-bond donors (Lipinski definition) is 9. The molecule has 3 rings (SSSR count). The van der Waals surface area contributed by atoms with Crippen LogP contribution in [-0.4, -0.2) is 247 Å². The number of aliphatic hydroxyl groups excluding tert-OH is 9. The topological polar surface area (TPSA) is 392 Å². The number of hydrogen-bond acceptors (Lipinski definition) is 29. The Kier molecular flexibility index (Phi) is 79.8. The molecule has 0 aromatic heterocycles. The molecular formula is C57H123BrNO28P5Y4. The molecule has 3 fully saturated rings. The van der Waals surface area contributed by atoms with Crippen molar-refractivity contribution in [1.82, 2.24) is 4.67 Å². The fourth-order valence-electron chi connectivity index (χ4n) is 9.23. The fourth-order valence-corrected chi connectivity index (χ4v) is 14.9. The minimum absolute atomic E-state index is 0. The molecule has 0 spiro atoms. The summed E-state index contributed by atoms with van der Waals surface area (Å²) in [6, 6.07) is 1.13. The van der Waals surface area contributed by atoms with E-state index in [9.17, 15) is 48.9 Å². The molecular weight excluding hydrogens is 1740 g/mol. The van der Waals surface area contributed by atoms with E-state index in [2.05, 4.69) is 80.3 Å². The first-order valence-electron chi connectivity index (χ1n) is 31.9. The first kappa shape index (κ1) is 112. The normalized spacial score (nSPS) is 26.6. The Bertz CT molecular complexity index is 1810. The molecule has 15 unspecified atom stereocenters. The summed E-state index contributed by atoms with van der Waals surface area (Å²) in [5, 5.41) is 82.6. The van der Waals surface area contributed by atoms with Crippen molar-refractivity contribution in [1.29, 1.82) is 0 Å². The van der Waals surface area contributed by atoms with Crippen LogP contribution in [0.4, 0.5) is 0 Å². The van der Waals surface area contributed by atoms with Crippen LogP contribution >= 0.6 is 57.2 Å². The van der Waals surface area contributed by atoms with Crippen molar-refractivity contribution >= 4 is 57.2 Å². The molecule has 3 saturated heterocycles. The van der Waals surface area contributed by atoms with Crippen LogP contribution in [0.25, 0.3) is 0 Å². The van der Waals surface area contributed by atoms with Crippen LogP contribution in [0.3, 0.4) is 0 Å². The van der Waals surface area contributed by atoms with Crippen LogP contribution in [0.5, 0.6) is 0 Å². The molecule has 3 heterocycles. The van der Waals surface area contributed by atoms with Crippen molar-refractivity contribution in [2.45, 2.75) is 258 Å². The molecule has 0 aliphatic carbocycles. The molecule has 4 radical (unpaired) electrons. The van der Waals surface area contributed by atoms with Crippen molar-refractivity contribution < 1.29 is 264 Å². The molecule has 0 saturated carbocycles. The van der Waals surface area contributed by atoms with E-state index in [0.29, 0.717) is 76.5 Å². The molecule has 0 amide bonds. The molecule has 568 valence electrons. The third kappa shape index (κ3) is 48.0. The zero-order chi connectivity index (χ0) is 69.2. The van der Waals surface area contributed by atoms with Gasteiger partial charge in [0.05, 0.1) is 90.0 Å². The van der Waals surface area contributed by atoms with Gasteiger partial charge in [-0.1, -0.05) is 71.8 Å². The first-order valence-corrected chi connectivity index (χ1v) is 39.3. The summed E-state index contributed by atoms with van der Waals surface area (Å²) in [6.45, 7) is 26.4. The number of unbranched alkanes of at least 4 members (excludes halogenated alkanes) is 4. The summed E-state index contributed by atoms with van der Waals surface area (Å²) in [4.78, 5) is 0. The quantitative estimate of drug-likeness (QED) is 0.0160. The number of ether oxygens (including phenoxy) is 6. The van der Waals surface area contributed by atoms with Gasteiger partial charge in [-0.05, 0) is 105 Å². The Hall–Kier alpha value is 5.25. The zero-order valence-electron chi connectivity index (χ0n) is 58.5. The van der Waals surface area contributed by atoms with E-state index in [1.807, 2.05) is 20.8 Å². The Labute approximate surface area is 686 Å². The molecule has 0 bridgehead atoms. The Morgan fingerprint density at radius 3 is 1.28 bits per heavy atom. The summed E-state index contributed by atoms with van der Waals surface area (Å²) in [7, 11) is -10.5. The number of halogens is 1. The molecule has 0 aromatic rings. The van der Waals surface area contributed by atoms with Gasteiger partial charge in [0.15, 0.2) is 12.6 Å². The number of alkyl halides is 1. The van der Waals surface area contributed by atoms with E-state index in [1.54, 1.807) is 13.8 Å². The maximum atomic E-state index is 12.2. The Morgan fingerprint density at radius 2 is 0.927 bits per heavy atom. The van der Waals surface area contributed by atoms with Crippen LogP contribution in [0.15, 0.2) is 0 Å². The predicted octanol–water partition coefficient (Wildman–Crippen LogP) is 7.75. The van der Waals surface area contributed by atoms with E-state index in [4.69, 9.17) is 79.9 Å². The maximum Gasteiger partial charge on any atom is 0.319 e. The van der Waals surface area contributed by atoms with Gasteiger partial charge in [-0.25, -0.2) is 0 Å². The number of rotatable bonds is 45. The van der Waals surface area contributed by atoms with Crippen molar-refractivity contribution in [2.24, 2.45) is 17.8 Å². The second-order valence-corrected chi connectivity index (χ2v) is 29.4. The second-order valence-electron chi connectivity index (χ2n) is 22.5. The molecule has 96 heavy (non-hydrogen) atoms. The minimum Gasteiger partial charge on any atom is -0.394 e.